The number of carbonyl (C=O) groups excluding carboxylic acids is 2. The number of anilines is 1. The predicted octanol–water partition coefficient (Wildman–Crippen LogP) is 2.44. The third-order valence-corrected chi connectivity index (χ3v) is 4.04. The number of benzene rings is 1. The predicted molar refractivity (Wildman–Crippen MR) is 90.4 cm³/mol. The van der Waals surface area contributed by atoms with Crippen molar-refractivity contribution in [3.05, 3.63) is 28.2 Å². The Hall–Kier alpha value is -1.99. The molecule has 2 rings (SSSR count). The molecule has 0 radical (unpaired) electrons. The number of nitrogens with one attached hydrogen (secondary N) is 2. The van der Waals surface area contributed by atoms with Crippen molar-refractivity contribution >= 4 is 46.8 Å². The summed E-state index contributed by atoms with van der Waals surface area (Å²) in [5.74, 6) is -1.71. The van der Waals surface area contributed by atoms with E-state index in [1.807, 2.05) is 0 Å². The van der Waals surface area contributed by atoms with Crippen LogP contribution in [0.25, 0.3) is 0 Å². The van der Waals surface area contributed by atoms with Crippen LogP contribution >= 0.6 is 23.2 Å². The molecule has 1 unspecified atom stereocenters. The summed E-state index contributed by atoms with van der Waals surface area (Å²) in [4.78, 5) is 36.0. The lowest BCUT2D eigenvalue weighted by Gasteiger charge is -2.16. The number of hydrogen-bond acceptors (Lipinski definition) is 3. The number of amides is 3. The van der Waals surface area contributed by atoms with Crippen molar-refractivity contribution in [2.75, 3.05) is 25.0 Å². The second-order valence-corrected chi connectivity index (χ2v) is 6.33. The highest BCUT2D eigenvalue weighted by atomic mass is 35.5. The van der Waals surface area contributed by atoms with E-state index in [1.54, 1.807) is 18.2 Å². The quantitative estimate of drug-likeness (QED) is 0.737. The van der Waals surface area contributed by atoms with E-state index in [2.05, 4.69) is 10.6 Å². The molecule has 1 aliphatic rings. The first-order valence-corrected chi connectivity index (χ1v) is 8.12. The zero-order valence-electron chi connectivity index (χ0n) is 12.7. The number of carboxylic acids is 1. The topological polar surface area (TPSA) is 98.7 Å². The first kappa shape index (κ1) is 18.4. The lowest BCUT2D eigenvalue weighted by Crippen LogP contribution is -2.40. The van der Waals surface area contributed by atoms with Crippen LogP contribution in [-0.2, 0) is 9.59 Å². The number of likely N-dealkylation sites (tertiary alicyclic amines) is 1. The molecule has 0 spiro atoms. The monoisotopic (exact) mass is 373 g/mol. The van der Waals surface area contributed by atoms with E-state index in [-0.39, 0.29) is 31.4 Å². The van der Waals surface area contributed by atoms with Gasteiger partial charge in [-0.2, -0.15) is 0 Å². The van der Waals surface area contributed by atoms with Crippen LogP contribution in [-0.4, -0.2) is 47.5 Å². The summed E-state index contributed by atoms with van der Waals surface area (Å²) < 4.78 is 0. The van der Waals surface area contributed by atoms with Crippen LogP contribution in [0, 0.1) is 5.92 Å². The van der Waals surface area contributed by atoms with Gasteiger partial charge in [0.2, 0.25) is 5.91 Å². The zero-order chi connectivity index (χ0) is 17.7. The SMILES string of the molecule is O=C(CCNC(=O)N1CCC(C(=O)O)C1)Nc1cc(Cl)cc(Cl)c1. The van der Waals surface area contributed by atoms with Crippen molar-refractivity contribution in [2.24, 2.45) is 5.92 Å². The average Bonchev–Trinajstić information content (AvgIpc) is 2.96. The maximum atomic E-state index is 11.9. The minimum Gasteiger partial charge on any atom is -0.481 e. The number of hydrogen-bond donors (Lipinski definition) is 3. The Kier molecular flexibility index (Phi) is 6.28. The normalized spacial score (nSPS) is 16.8. The van der Waals surface area contributed by atoms with E-state index in [0.29, 0.717) is 28.7 Å². The van der Waals surface area contributed by atoms with Crippen molar-refractivity contribution in [1.29, 1.82) is 0 Å². The van der Waals surface area contributed by atoms with Crippen LogP contribution in [0.1, 0.15) is 12.8 Å². The highest BCUT2D eigenvalue weighted by Gasteiger charge is 2.30. The molecule has 1 aliphatic heterocycles. The fourth-order valence-corrected chi connectivity index (χ4v) is 2.92. The van der Waals surface area contributed by atoms with Gasteiger partial charge in [-0.25, -0.2) is 4.79 Å². The summed E-state index contributed by atoms with van der Waals surface area (Å²) in [7, 11) is 0. The molecule has 3 N–H and O–H groups in total. The van der Waals surface area contributed by atoms with E-state index in [1.165, 1.54) is 4.90 Å². The molecule has 0 aliphatic carbocycles. The van der Waals surface area contributed by atoms with Gasteiger partial charge >= 0.3 is 12.0 Å². The fraction of sp³-hybridized carbons (Fsp3) is 0.400. The number of halogens is 2. The van der Waals surface area contributed by atoms with Crippen LogP contribution < -0.4 is 10.6 Å². The zero-order valence-corrected chi connectivity index (χ0v) is 14.2. The highest BCUT2D eigenvalue weighted by Crippen LogP contribution is 2.22. The molecule has 130 valence electrons. The average molecular weight is 374 g/mol. The van der Waals surface area contributed by atoms with Crippen LogP contribution in [0.5, 0.6) is 0 Å². The minimum atomic E-state index is -0.898. The Labute approximate surface area is 148 Å². The molecule has 7 nitrogen and oxygen atoms in total. The van der Waals surface area contributed by atoms with Gasteiger partial charge in [0.25, 0.3) is 0 Å². The summed E-state index contributed by atoms with van der Waals surface area (Å²) in [5, 5.41) is 15.0. The van der Waals surface area contributed by atoms with Gasteiger partial charge in [0.1, 0.15) is 0 Å². The molecule has 1 saturated heterocycles. The Bertz CT molecular complexity index is 633. The second kappa shape index (κ2) is 8.21. The van der Waals surface area contributed by atoms with Crippen LogP contribution in [0.4, 0.5) is 10.5 Å². The summed E-state index contributed by atoms with van der Waals surface area (Å²) in [5.41, 5.74) is 0.479. The van der Waals surface area contributed by atoms with Gasteiger partial charge in [0.15, 0.2) is 0 Å². The standard InChI is InChI=1S/C15H17Cl2N3O4/c16-10-5-11(17)7-12(6-10)19-13(21)1-3-18-15(24)20-4-2-9(8-20)14(22)23/h5-7,9H,1-4,8H2,(H,18,24)(H,19,21)(H,22,23). The minimum absolute atomic E-state index is 0.0755. The molecule has 1 aromatic carbocycles. The van der Waals surface area contributed by atoms with Gasteiger partial charge in [-0.3, -0.25) is 9.59 Å². The largest absolute Gasteiger partial charge is 0.481 e. The van der Waals surface area contributed by atoms with E-state index in [0.717, 1.165) is 0 Å². The van der Waals surface area contributed by atoms with Gasteiger partial charge in [-0.1, -0.05) is 23.2 Å². The molecule has 1 aromatic rings. The first-order valence-electron chi connectivity index (χ1n) is 7.36. The Morgan fingerprint density at radius 1 is 1.21 bits per heavy atom. The fourth-order valence-electron chi connectivity index (χ4n) is 2.39. The number of urea groups is 1. The highest BCUT2D eigenvalue weighted by molar-refractivity contribution is 6.35. The maximum Gasteiger partial charge on any atom is 0.317 e. The summed E-state index contributed by atoms with van der Waals surface area (Å²) in [6.07, 6.45) is 0.519. The molecule has 0 bridgehead atoms. The smallest absolute Gasteiger partial charge is 0.317 e. The van der Waals surface area contributed by atoms with Crippen molar-refractivity contribution in [2.45, 2.75) is 12.8 Å². The van der Waals surface area contributed by atoms with E-state index >= 15 is 0 Å². The number of carboxylic acid groups (broad SMARTS) is 1. The second-order valence-electron chi connectivity index (χ2n) is 5.46. The van der Waals surface area contributed by atoms with Crippen LogP contribution in [0.2, 0.25) is 10.0 Å². The van der Waals surface area contributed by atoms with E-state index < -0.39 is 11.9 Å². The molecule has 24 heavy (non-hydrogen) atoms. The van der Waals surface area contributed by atoms with Gasteiger partial charge < -0.3 is 20.6 Å². The van der Waals surface area contributed by atoms with Crippen LogP contribution in [0.3, 0.4) is 0 Å². The summed E-state index contributed by atoms with van der Waals surface area (Å²) in [6.45, 7) is 0.734. The third kappa shape index (κ3) is 5.28. The molecular formula is C15H17Cl2N3O4. The lowest BCUT2D eigenvalue weighted by molar-refractivity contribution is -0.141. The molecule has 0 saturated carbocycles. The molecule has 3 amide bonds. The molecule has 9 heteroatoms. The maximum absolute atomic E-state index is 11.9. The summed E-state index contributed by atoms with van der Waals surface area (Å²) in [6, 6.07) is 4.33. The first-order chi connectivity index (χ1) is 11.3. The molecular weight excluding hydrogens is 357 g/mol. The van der Waals surface area contributed by atoms with Gasteiger partial charge in [-0.05, 0) is 24.6 Å². The number of nitrogens with zero attached hydrogens (tertiary/aromatic N) is 1. The van der Waals surface area contributed by atoms with Crippen LogP contribution in [0.15, 0.2) is 18.2 Å². The van der Waals surface area contributed by atoms with E-state index in [4.69, 9.17) is 28.3 Å². The lowest BCUT2D eigenvalue weighted by atomic mass is 10.1. The third-order valence-electron chi connectivity index (χ3n) is 3.60. The van der Waals surface area contributed by atoms with Gasteiger partial charge in [0, 0.05) is 41.8 Å². The number of carbonyl (C=O) groups is 3. The molecule has 0 aromatic heterocycles. The Balaban J connectivity index is 1.72. The number of rotatable bonds is 5. The van der Waals surface area contributed by atoms with Crippen molar-refractivity contribution < 1.29 is 19.5 Å². The molecule has 1 atom stereocenters. The molecule has 1 fully saturated rings. The van der Waals surface area contributed by atoms with Gasteiger partial charge in [0.05, 0.1) is 5.92 Å². The van der Waals surface area contributed by atoms with E-state index in [9.17, 15) is 14.4 Å². The molecule has 1 heterocycles. The van der Waals surface area contributed by atoms with Gasteiger partial charge in [-0.15, -0.1) is 0 Å². The Morgan fingerprint density at radius 2 is 1.88 bits per heavy atom. The van der Waals surface area contributed by atoms with Crippen molar-refractivity contribution in [1.82, 2.24) is 10.2 Å². The Morgan fingerprint density at radius 3 is 2.46 bits per heavy atom. The van der Waals surface area contributed by atoms with Crippen molar-refractivity contribution in [3.63, 3.8) is 0 Å². The van der Waals surface area contributed by atoms with Crippen molar-refractivity contribution in [3.8, 4) is 0 Å². The number of aliphatic carboxylic acids is 1. The summed E-state index contributed by atoms with van der Waals surface area (Å²) >= 11 is 11.7.